The Bertz CT molecular complexity index is 1540. The molecule has 1 unspecified atom stereocenters. The van der Waals surface area contributed by atoms with Gasteiger partial charge in [-0.3, -0.25) is 9.69 Å². The predicted molar refractivity (Wildman–Crippen MR) is 155 cm³/mol. The predicted octanol–water partition coefficient (Wildman–Crippen LogP) is 4.96. The summed E-state index contributed by atoms with van der Waals surface area (Å²) in [5.41, 5.74) is 3.40. The van der Waals surface area contributed by atoms with Crippen molar-refractivity contribution in [3.63, 3.8) is 0 Å². The van der Waals surface area contributed by atoms with Crippen molar-refractivity contribution in [2.45, 2.75) is 70.3 Å². The van der Waals surface area contributed by atoms with Crippen LogP contribution in [-0.4, -0.2) is 63.7 Å². The van der Waals surface area contributed by atoms with Gasteiger partial charge in [-0.15, -0.1) is 0 Å². The lowest BCUT2D eigenvalue weighted by Crippen LogP contribution is -2.37. The van der Waals surface area contributed by atoms with Crippen LogP contribution >= 0.6 is 0 Å². The third kappa shape index (κ3) is 5.66. The van der Waals surface area contributed by atoms with Gasteiger partial charge in [0.15, 0.2) is 0 Å². The maximum Gasteiger partial charge on any atom is 0.419 e. The number of carboxylic acid groups (broad SMARTS) is 1. The number of carbonyl (C=O) groups is 1. The van der Waals surface area contributed by atoms with Crippen LogP contribution in [0, 0.1) is 12.1 Å². The Morgan fingerprint density at radius 3 is 2.79 bits per heavy atom. The van der Waals surface area contributed by atoms with Crippen molar-refractivity contribution >= 4 is 29.0 Å². The SMILES string of the molecule is CN1CCC(C)(C)c2c#cc(Nc3nc(CN4CCCC4C(=O)O)nc4c3CCN(c3ncccc3C(F)(F)F)C4)cc21. The summed E-state index contributed by atoms with van der Waals surface area (Å²) in [6, 6.07) is 10.3. The van der Waals surface area contributed by atoms with Crippen molar-refractivity contribution in [1.29, 1.82) is 0 Å². The topological polar surface area (TPSA) is 97.7 Å². The molecule has 0 spiro atoms. The molecule has 12 heteroatoms. The first-order valence-corrected chi connectivity index (χ1v) is 14.5. The summed E-state index contributed by atoms with van der Waals surface area (Å²) in [5.74, 6) is -0.0660. The third-order valence-electron chi connectivity index (χ3n) is 8.77. The summed E-state index contributed by atoms with van der Waals surface area (Å²) in [7, 11) is 2.05. The molecule has 1 atom stereocenters. The van der Waals surface area contributed by atoms with Crippen LogP contribution in [0.15, 0.2) is 24.4 Å². The number of rotatable bonds is 6. The van der Waals surface area contributed by atoms with Gasteiger partial charge in [-0.1, -0.05) is 19.9 Å². The molecule has 0 saturated carbocycles. The number of pyridine rings is 1. The van der Waals surface area contributed by atoms with Crippen LogP contribution in [0.2, 0.25) is 0 Å². The molecule has 43 heavy (non-hydrogen) atoms. The summed E-state index contributed by atoms with van der Waals surface area (Å²) in [5, 5.41) is 13.1. The fourth-order valence-electron chi connectivity index (χ4n) is 6.33. The van der Waals surface area contributed by atoms with Gasteiger partial charge in [0.25, 0.3) is 0 Å². The number of nitrogens with zero attached hydrogens (tertiary/aromatic N) is 6. The molecular formula is C31H34F3N7O2. The summed E-state index contributed by atoms with van der Waals surface area (Å²) in [4.78, 5) is 31.2. The smallest absolute Gasteiger partial charge is 0.419 e. The van der Waals surface area contributed by atoms with Gasteiger partial charge in [0, 0.05) is 42.9 Å². The second-order valence-electron chi connectivity index (χ2n) is 12.2. The minimum Gasteiger partial charge on any atom is -0.480 e. The lowest BCUT2D eigenvalue weighted by atomic mass is 9.78. The molecule has 0 radical (unpaired) electrons. The number of hydrogen-bond acceptors (Lipinski definition) is 8. The standard InChI is InChI=1S/C31H34F3N7O2/c1-30(2)11-15-39(3)25-16-19(8-9-21(25)30)36-27-20-10-14-41(28-22(31(32,33)34)6-4-12-35-28)17-23(20)37-26(38-27)18-40-13-5-7-24(40)29(42)43/h4,6,12,16,24H,5,7,10-11,13-15,17-18H2,1-3H3,(H,42,43)(H,36,37,38). The highest BCUT2D eigenvalue weighted by atomic mass is 19.4. The second kappa shape index (κ2) is 10.9. The van der Waals surface area contributed by atoms with Crippen molar-refractivity contribution < 1.29 is 23.1 Å². The van der Waals surface area contributed by atoms with Crippen molar-refractivity contribution in [2.24, 2.45) is 0 Å². The Labute approximate surface area is 248 Å². The van der Waals surface area contributed by atoms with Gasteiger partial charge in [-0.05, 0) is 56.5 Å². The highest BCUT2D eigenvalue weighted by Crippen LogP contribution is 2.40. The fourth-order valence-corrected chi connectivity index (χ4v) is 6.33. The first kappa shape index (κ1) is 29.0. The Morgan fingerprint density at radius 2 is 2.02 bits per heavy atom. The molecule has 5 heterocycles. The van der Waals surface area contributed by atoms with Crippen molar-refractivity contribution in [1.82, 2.24) is 19.9 Å². The number of aliphatic carboxylic acids is 1. The number of nitrogens with one attached hydrogen (secondary N) is 1. The highest BCUT2D eigenvalue weighted by Gasteiger charge is 2.37. The molecule has 1 aromatic carbocycles. The zero-order valence-corrected chi connectivity index (χ0v) is 24.4. The molecule has 2 aromatic heterocycles. The summed E-state index contributed by atoms with van der Waals surface area (Å²) in [6.07, 6.45) is -0.483. The van der Waals surface area contributed by atoms with E-state index in [1.165, 1.54) is 12.3 Å². The first-order chi connectivity index (χ1) is 20.4. The molecule has 226 valence electrons. The summed E-state index contributed by atoms with van der Waals surface area (Å²) in [6.45, 7) is 6.53. The van der Waals surface area contributed by atoms with Gasteiger partial charge >= 0.3 is 12.1 Å². The Kier molecular flexibility index (Phi) is 7.32. The average Bonchev–Trinajstić information content (AvgIpc) is 3.43. The zero-order chi connectivity index (χ0) is 30.5. The molecule has 2 N–H and O–H groups in total. The number of alkyl halides is 3. The summed E-state index contributed by atoms with van der Waals surface area (Å²) < 4.78 is 41.5. The lowest BCUT2D eigenvalue weighted by molar-refractivity contribution is -0.142. The number of halogens is 3. The molecule has 0 bridgehead atoms. The molecular weight excluding hydrogens is 559 g/mol. The number of anilines is 4. The number of likely N-dealkylation sites (tertiary alicyclic amines) is 1. The zero-order valence-electron chi connectivity index (χ0n) is 24.4. The van der Waals surface area contributed by atoms with Gasteiger partial charge in [0.2, 0.25) is 0 Å². The molecule has 0 amide bonds. The van der Waals surface area contributed by atoms with Gasteiger partial charge < -0.3 is 20.2 Å². The first-order valence-electron chi connectivity index (χ1n) is 14.5. The van der Waals surface area contributed by atoms with E-state index in [1.54, 1.807) is 4.90 Å². The van der Waals surface area contributed by atoms with E-state index < -0.39 is 23.8 Å². The second-order valence-corrected chi connectivity index (χ2v) is 12.2. The number of carboxylic acids is 1. The van der Waals surface area contributed by atoms with Crippen LogP contribution in [0.25, 0.3) is 0 Å². The minimum atomic E-state index is -4.55. The van der Waals surface area contributed by atoms with E-state index in [4.69, 9.17) is 9.97 Å². The van der Waals surface area contributed by atoms with Crippen LogP contribution < -0.4 is 15.1 Å². The van der Waals surface area contributed by atoms with E-state index in [1.807, 2.05) is 18.0 Å². The number of hydrogen-bond donors (Lipinski definition) is 2. The molecule has 1 saturated heterocycles. The van der Waals surface area contributed by atoms with Crippen LogP contribution in [0.4, 0.5) is 36.2 Å². The Morgan fingerprint density at radius 1 is 1.21 bits per heavy atom. The van der Waals surface area contributed by atoms with Crippen molar-refractivity contribution in [3.05, 3.63) is 64.7 Å². The average molecular weight is 594 g/mol. The van der Waals surface area contributed by atoms with Gasteiger partial charge in [-0.25, -0.2) is 15.0 Å². The summed E-state index contributed by atoms with van der Waals surface area (Å²) >= 11 is 0. The highest BCUT2D eigenvalue weighted by molar-refractivity contribution is 5.74. The largest absolute Gasteiger partial charge is 0.480 e. The number of aromatic nitrogens is 3. The maximum atomic E-state index is 13.8. The van der Waals surface area contributed by atoms with Gasteiger partial charge in [-0.2, -0.15) is 13.2 Å². The van der Waals surface area contributed by atoms with E-state index in [0.29, 0.717) is 49.0 Å². The normalized spacial score (nSPS) is 19.9. The molecule has 3 aromatic rings. The van der Waals surface area contributed by atoms with Crippen LogP contribution in [0.1, 0.15) is 61.3 Å². The molecule has 1 fully saturated rings. The molecule has 0 aliphatic carbocycles. The Hall–Kier alpha value is -4.11. The Balaban J connectivity index is 1.37. The third-order valence-corrected chi connectivity index (χ3v) is 8.77. The molecule has 3 aliphatic rings. The van der Waals surface area contributed by atoms with E-state index in [0.717, 1.165) is 42.3 Å². The van der Waals surface area contributed by atoms with Crippen LogP contribution in [-0.2, 0) is 35.9 Å². The van der Waals surface area contributed by atoms with E-state index in [2.05, 4.69) is 41.2 Å². The van der Waals surface area contributed by atoms with Crippen molar-refractivity contribution in [3.8, 4) is 0 Å². The van der Waals surface area contributed by atoms with Gasteiger partial charge in [0.05, 0.1) is 35.7 Å². The van der Waals surface area contributed by atoms with Crippen molar-refractivity contribution in [2.75, 3.05) is 41.8 Å². The molecule has 9 nitrogen and oxygen atoms in total. The van der Waals surface area contributed by atoms with E-state index in [9.17, 15) is 23.1 Å². The fraction of sp³-hybridized carbons (Fsp3) is 0.484. The lowest BCUT2D eigenvalue weighted by Gasteiger charge is -2.37. The molecule has 3 aliphatic heterocycles. The van der Waals surface area contributed by atoms with Gasteiger partial charge in [0.1, 0.15) is 23.5 Å². The monoisotopic (exact) mass is 593 g/mol. The quantitative estimate of drug-likeness (QED) is 0.411. The number of fused-ring (bicyclic) bond motifs is 2. The van der Waals surface area contributed by atoms with Crippen LogP contribution in [0.3, 0.4) is 0 Å². The molecule has 6 rings (SSSR count). The maximum absolute atomic E-state index is 13.8. The van der Waals surface area contributed by atoms with E-state index in [-0.39, 0.29) is 24.3 Å². The minimum absolute atomic E-state index is 0.0290. The van der Waals surface area contributed by atoms with E-state index >= 15 is 0 Å². The van der Waals surface area contributed by atoms with Crippen LogP contribution in [0.5, 0.6) is 0 Å².